The predicted molar refractivity (Wildman–Crippen MR) is 189 cm³/mol. The van der Waals surface area contributed by atoms with Crippen LogP contribution in [0.5, 0.6) is 11.5 Å². The van der Waals surface area contributed by atoms with Gasteiger partial charge in [-0.15, -0.1) is 0 Å². The number of aromatic carboxylic acids is 1. The first-order valence-electron chi connectivity index (χ1n) is 15.3. The van der Waals surface area contributed by atoms with E-state index in [1.807, 2.05) is 48.5 Å². The summed E-state index contributed by atoms with van der Waals surface area (Å²) >= 11 is 2.91. The number of carbonyl (C=O) groups is 2. The van der Waals surface area contributed by atoms with Crippen molar-refractivity contribution in [1.82, 2.24) is 0 Å². The highest BCUT2D eigenvalue weighted by Crippen LogP contribution is 2.57. The second-order valence-electron chi connectivity index (χ2n) is 11.7. The number of fused-ring (bicyclic) bond motifs is 8. The lowest BCUT2D eigenvalue weighted by Gasteiger charge is -2.37. The minimum Gasteiger partial charge on any atom is -0.478 e. The summed E-state index contributed by atoms with van der Waals surface area (Å²) in [7, 11) is 0. The topological polar surface area (TPSA) is 144 Å². The molecule has 0 amide bonds. The van der Waals surface area contributed by atoms with E-state index >= 15 is 0 Å². The molecule has 0 fully saturated rings. The smallest absolute Gasteiger partial charge is 0.340 e. The minimum atomic E-state index is -1.56. The van der Waals surface area contributed by atoms with Crippen molar-refractivity contribution in [3.63, 3.8) is 0 Å². The van der Waals surface area contributed by atoms with Crippen molar-refractivity contribution in [2.45, 2.75) is 15.4 Å². The van der Waals surface area contributed by atoms with Gasteiger partial charge in [-0.25, -0.2) is 9.59 Å². The number of hydrogen-bond acceptors (Lipinski definition) is 10. The zero-order valence-electron chi connectivity index (χ0n) is 25.6. The van der Waals surface area contributed by atoms with E-state index in [4.69, 9.17) is 9.47 Å². The van der Waals surface area contributed by atoms with Gasteiger partial charge in [0.05, 0.1) is 43.7 Å². The number of carboxylic acid groups (broad SMARTS) is 1. The van der Waals surface area contributed by atoms with E-state index in [2.05, 4.69) is 22.8 Å². The Morgan fingerprint density at radius 2 is 1.20 bits per heavy atom. The molecule has 4 heterocycles. The third-order valence-corrected chi connectivity index (χ3v) is 11.2. The lowest BCUT2D eigenvalue weighted by Crippen LogP contribution is -2.33. The molecule has 0 unspecified atom stereocenters. The lowest BCUT2D eigenvalue weighted by atomic mass is 9.76. The van der Waals surface area contributed by atoms with Crippen LogP contribution in [-0.4, -0.2) is 17.0 Å². The highest BCUT2D eigenvalue weighted by Gasteiger charge is 2.54. The van der Waals surface area contributed by atoms with E-state index < -0.39 is 17.5 Å². The lowest BCUT2D eigenvalue weighted by molar-refractivity contribution is 0.0224. The van der Waals surface area contributed by atoms with E-state index in [-0.39, 0.29) is 11.1 Å². The molecule has 4 aliphatic rings. The third-order valence-electron chi connectivity index (χ3n) is 9.00. The Hall–Kier alpha value is -6.40. The standard InChI is InChI=1S/C39H20N4O5S2/c40-18-24(35-42-29-5-1-3-7-33(29)49-35)20-10-13-26-31(16-20)47-32-17-21(25(19-41)36-43-30-6-2-4-8-34(30)50-36)11-14-27(32)39(26)28-15-22(37(44)45)9-12-23(28)38(46)48-39/h1-17,42-43H,(H,44,45)/b35-24-,36-25-. The molecule has 0 bridgehead atoms. The molecular formula is C39H20N4O5S2. The molecule has 9 nitrogen and oxygen atoms in total. The average Bonchev–Trinajstić information content (AvgIpc) is 3.83. The number of carbonyl (C=O) groups excluding carboxylic acids is 1. The number of anilines is 2. The van der Waals surface area contributed by atoms with Crippen molar-refractivity contribution < 1.29 is 24.2 Å². The van der Waals surface area contributed by atoms with Gasteiger partial charge in [0.1, 0.15) is 23.6 Å². The molecule has 4 aliphatic heterocycles. The first kappa shape index (κ1) is 29.7. The first-order chi connectivity index (χ1) is 24.4. The number of esters is 1. The summed E-state index contributed by atoms with van der Waals surface area (Å²) in [5.41, 5.74) is 3.68. The van der Waals surface area contributed by atoms with Crippen LogP contribution in [0, 0.1) is 22.7 Å². The van der Waals surface area contributed by atoms with Gasteiger partial charge >= 0.3 is 11.9 Å². The Morgan fingerprint density at radius 3 is 1.70 bits per heavy atom. The van der Waals surface area contributed by atoms with Crippen LogP contribution in [0.4, 0.5) is 11.4 Å². The van der Waals surface area contributed by atoms with Crippen LogP contribution in [0.2, 0.25) is 0 Å². The van der Waals surface area contributed by atoms with Crippen molar-refractivity contribution in [2.75, 3.05) is 10.6 Å². The van der Waals surface area contributed by atoms with Gasteiger partial charge in [-0.3, -0.25) is 0 Å². The Kier molecular flexibility index (Phi) is 6.58. The van der Waals surface area contributed by atoms with E-state index in [9.17, 15) is 25.2 Å². The van der Waals surface area contributed by atoms with Crippen LogP contribution in [0.15, 0.2) is 123 Å². The first-order valence-corrected chi connectivity index (χ1v) is 17.0. The number of nitriles is 2. The number of hydrogen-bond donors (Lipinski definition) is 3. The van der Waals surface area contributed by atoms with Gasteiger partial charge in [0, 0.05) is 26.5 Å². The van der Waals surface area contributed by atoms with Crippen LogP contribution in [-0.2, 0) is 10.3 Å². The summed E-state index contributed by atoms with van der Waals surface area (Å²) in [5, 5.41) is 38.6. The molecule has 0 aliphatic carbocycles. The molecule has 0 saturated carbocycles. The number of nitrogens with zero attached hydrogens (tertiary/aromatic N) is 2. The Balaban J connectivity index is 1.23. The van der Waals surface area contributed by atoms with Crippen molar-refractivity contribution in [3.8, 4) is 23.6 Å². The maximum absolute atomic E-state index is 13.5. The van der Waals surface area contributed by atoms with Crippen molar-refractivity contribution in [1.29, 1.82) is 10.5 Å². The molecule has 5 aromatic rings. The fourth-order valence-corrected chi connectivity index (χ4v) is 8.76. The fraction of sp³-hybridized carbons (Fsp3) is 0.0256. The molecule has 5 aromatic carbocycles. The van der Waals surface area contributed by atoms with Crippen LogP contribution in [0.1, 0.15) is 48.5 Å². The number of carboxylic acids is 1. The highest BCUT2D eigenvalue weighted by atomic mass is 32.2. The van der Waals surface area contributed by atoms with Crippen LogP contribution >= 0.6 is 23.5 Å². The Morgan fingerprint density at radius 1 is 0.680 bits per heavy atom. The van der Waals surface area contributed by atoms with E-state index in [0.717, 1.165) is 21.2 Å². The summed E-state index contributed by atoms with van der Waals surface area (Å²) < 4.78 is 12.9. The number of ether oxygens (including phenoxy) is 2. The monoisotopic (exact) mass is 688 g/mol. The predicted octanol–water partition coefficient (Wildman–Crippen LogP) is 8.77. The SMILES string of the molecule is N#C/C(=C1\Nc2ccccc2S1)c1ccc2c(c1)Oc1cc(/C(C#N)=C3/Nc4ccccc4S3)ccc1C21OC(=O)c2ccc(C(=O)O)cc21. The summed E-state index contributed by atoms with van der Waals surface area (Å²) in [4.78, 5) is 27.6. The zero-order chi connectivity index (χ0) is 34.1. The van der Waals surface area contributed by atoms with Crippen LogP contribution in [0.3, 0.4) is 0 Å². The molecule has 9 rings (SSSR count). The summed E-state index contributed by atoms with van der Waals surface area (Å²) in [6, 6.07) is 35.0. The van der Waals surface area contributed by atoms with Gasteiger partial charge in [0.25, 0.3) is 0 Å². The highest BCUT2D eigenvalue weighted by molar-refractivity contribution is 8.04. The maximum Gasteiger partial charge on any atom is 0.340 e. The molecule has 1 spiro atoms. The zero-order valence-corrected chi connectivity index (χ0v) is 27.2. The molecule has 0 aromatic heterocycles. The summed E-state index contributed by atoms with van der Waals surface area (Å²) in [6.07, 6.45) is 0. The second kappa shape index (κ2) is 11.1. The number of rotatable bonds is 3. The molecule has 238 valence electrons. The maximum atomic E-state index is 13.5. The molecule has 50 heavy (non-hydrogen) atoms. The number of benzene rings is 5. The second-order valence-corrected chi connectivity index (χ2v) is 13.8. The van der Waals surface area contributed by atoms with Gasteiger partial charge in [-0.1, -0.05) is 59.9 Å². The van der Waals surface area contributed by atoms with Gasteiger partial charge in [-0.05, 0) is 77.9 Å². The normalized spacial score (nSPS) is 19.2. The number of thioether (sulfide) groups is 2. The molecule has 3 N–H and O–H groups in total. The molecule has 0 saturated heterocycles. The minimum absolute atomic E-state index is 0.00921. The number of allylic oxidation sites excluding steroid dienone is 2. The summed E-state index contributed by atoms with van der Waals surface area (Å²) in [5.74, 6) is -1.14. The average molecular weight is 689 g/mol. The third kappa shape index (κ3) is 4.35. The van der Waals surface area contributed by atoms with Gasteiger partial charge in [0.2, 0.25) is 0 Å². The van der Waals surface area contributed by atoms with Gasteiger partial charge in [0.15, 0.2) is 5.60 Å². The van der Waals surface area contributed by atoms with E-state index in [0.29, 0.717) is 60.5 Å². The largest absolute Gasteiger partial charge is 0.478 e. The Labute approximate surface area is 293 Å². The summed E-state index contributed by atoms with van der Waals surface area (Å²) in [6.45, 7) is 0. The van der Waals surface area contributed by atoms with Crippen molar-refractivity contribution in [3.05, 3.63) is 152 Å². The molecule has 11 heteroatoms. The van der Waals surface area contributed by atoms with Gasteiger partial charge in [-0.2, -0.15) is 10.5 Å². The van der Waals surface area contributed by atoms with Crippen molar-refractivity contribution >= 4 is 58.0 Å². The fourth-order valence-electron chi connectivity index (χ4n) is 6.72. The number of nitrogens with one attached hydrogen (secondary N) is 2. The van der Waals surface area contributed by atoms with Crippen LogP contribution in [0.25, 0.3) is 11.1 Å². The molecule has 0 atom stereocenters. The number of para-hydroxylation sites is 2. The Bertz CT molecular complexity index is 2360. The van der Waals surface area contributed by atoms with E-state index in [1.165, 1.54) is 41.7 Å². The van der Waals surface area contributed by atoms with E-state index in [1.54, 1.807) is 36.4 Å². The quantitative estimate of drug-likeness (QED) is 0.124. The van der Waals surface area contributed by atoms with Crippen LogP contribution < -0.4 is 15.4 Å². The molecule has 0 radical (unpaired) electrons. The molecular weight excluding hydrogens is 669 g/mol. The van der Waals surface area contributed by atoms with Crippen molar-refractivity contribution in [2.24, 2.45) is 0 Å². The van der Waals surface area contributed by atoms with Gasteiger partial charge < -0.3 is 25.2 Å².